The molecule has 4 rings (SSSR count). The van der Waals surface area contributed by atoms with Gasteiger partial charge in [0.2, 0.25) is 5.82 Å². The molecule has 0 aliphatic rings. The van der Waals surface area contributed by atoms with E-state index in [4.69, 9.17) is 14.0 Å². The van der Waals surface area contributed by atoms with Gasteiger partial charge in [0.1, 0.15) is 11.4 Å². The predicted octanol–water partition coefficient (Wildman–Crippen LogP) is 6.79. The van der Waals surface area contributed by atoms with Crippen LogP contribution in [0, 0.1) is 0 Å². The highest BCUT2D eigenvalue weighted by Gasteiger charge is 2.20. The first kappa shape index (κ1) is 27.9. The van der Waals surface area contributed by atoms with Crippen molar-refractivity contribution in [2.24, 2.45) is 0 Å². The number of hydrogen-bond acceptors (Lipinski definition) is 7. The van der Waals surface area contributed by atoms with Crippen LogP contribution in [0.1, 0.15) is 38.3 Å². The minimum absolute atomic E-state index is 0.0666. The Morgan fingerprint density at radius 3 is 2.36 bits per heavy atom. The van der Waals surface area contributed by atoms with E-state index in [9.17, 15) is 13.6 Å². The first-order valence-electron chi connectivity index (χ1n) is 12.4. The summed E-state index contributed by atoms with van der Waals surface area (Å²) in [6.45, 7) is 6.28. The topological polar surface area (TPSA) is 77.7 Å². The summed E-state index contributed by atoms with van der Waals surface area (Å²) < 4.78 is 43.5. The number of carbonyl (C=O) groups is 1. The van der Waals surface area contributed by atoms with E-state index in [1.54, 1.807) is 36.4 Å². The molecule has 0 saturated carbocycles. The van der Waals surface area contributed by atoms with Crippen molar-refractivity contribution in [3.63, 3.8) is 0 Å². The smallest absolute Gasteiger partial charge is 0.320 e. The third-order valence-electron chi connectivity index (χ3n) is 5.84. The fourth-order valence-corrected chi connectivity index (χ4v) is 4.16. The van der Waals surface area contributed by atoms with E-state index >= 15 is 0 Å². The standard InChI is InChI=1S/C30H31F2N3O4/c1-30(2,3)38-26(36)18-35(4)17-19-10-12-20(13-11-19)28-33-29(39-34-28)21-14-15-23(25(16-21)37-5)22-8-6-7-9-24(22)27(31)32/h6-16,27H,17-18H2,1-5H3. The van der Waals surface area contributed by atoms with Crippen LogP contribution in [0.25, 0.3) is 34.0 Å². The second-order valence-electron chi connectivity index (χ2n) is 10.2. The molecule has 9 heteroatoms. The number of nitrogens with zero attached hydrogens (tertiary/aromatic N) is 3. The minimum Gasteiger partial charge on any atom is -0.496 e. The molecule has 204 valence electrons. The average Bonchev–Trinajstić information content (AvgIpc) is 3.38. The molecule has 0 amide bonds. The van der Waals surface area contributed by atoms with Gasteiger partial charge in [-0.2, -0.15) is 4.98 Å². The van der Waals surface area contributed by atoms with Gasteiger partial charge in [-0.1, -0.05) is 53.7 Å². The van der Waals surface area contributed by atoms with Crippen LogP contribution in [0.15, 0.2) is 71.3 Å². The molecule has 0 unspecified atom stereocenters. The van der Waals surface area contributed by atoms with E-state index in [1.165, 1.54) is 13.2 Å². The van der Waals surface area contributed by atoms with E-state index in [2.05, 4.69) is 10.1 Å². The Bertz CT molecular complexity index is 1430. The Hall–Kier alpha value is -4.11. The Morgan fingerprint density at radius 2 is 1.69 bits per heavy atom. The fourth-order valence-electron chi connectivity index (χ4n) is 4.16. The molecular formula is C30H31F2N3O4. The Balaban J connectivity index is 1.48. The molecule has 1 heterocycles. The number of halogens is 2. The molecule has 0 saturated heterocycles. The lowest BCUT2D eigenvalue weighted by atomic mass is 9.97. The first-order chi connectivity index (χ1) is 18.5. The molecule has 4 aromatic rings. The maximum Gasteiger partial charge on any atom is 0.320 e. The summed E-state index contributed by atoms with van der Waals surface area (Å²) in [7, 11) is 3.34. The number of likely N-dealkylation sites (N-methyl/N-ethyl adjacent to an activating group) is 1. The van der Waals surface area contributed by atoms with Gasteiger partial charge in [-0.15, -0.1) is 0 Å². The number of ether oxygens (including phenoxy) is 2. The van der Waals surface area contributed by atoms with E-state index in [-0.39, 0.29) is 24.0 Å². The van der Waals surface area contributed by atoms with Crippen LogP contribution in [0.4, 0.5) is 8.78 Å². The second-order valence-corrected chi connectivity index (χ2v) is 10.2. The van der Waals surface area contributed by atoms with Gasteiger partial charge in [0, 0.05) is 28.8 Å². The molecule has 0 aliphatic heterocycles. The normalized spacial score (nSPS) is 11.7. The van der Waals surface area contributed by atoms with E-state index in [1.807, 2.05) is 57.0 Å². The minimum atomic E-state index is -2.61. The lowest BCUT2D eigenvalue weighted by Gasteiger charge is -2.22. The monoisotopic (exact) mass is 535 g/mol. The summed E-state index contributed by atoms with van der Waals surface area (Å²) in [6.07, 6.45) is -2.61. The zero-order valence-corrected chi connectivity index (χ0v) is 22.6. The maximum absolute atomic E-state index is 13.6. The van der Waals surface area contributed by atoms with Crippen molar-refractivity contribution in [1.29, 1.82) is 0 Å². The Morgan fingerprint density at radius 1 is 1.00 bits per heavy atom. The highest BCUT2D eigenvalue weighted by Crippen LogP contribution is 2.38. The third kappa shape index (κ3) is 7.06. The van der Waals surface area contributed by atoms with Gasteiger partial charge >= 0.3 is 5.97 Å². The summed E-state index contributed by atoms with van der Waals surface area (Å²) in [5.41, 5.74) is 2.74. The summed E-state index contributed by atoms with van der Waals surface area (Å²) in [5, 5.41) is 4.10. The molecule has 0 atom stereocenters. The number of alkyl halides is 2. The molecule has 0 N–H and O–H groups in total. The Labute approximate surface area is 226 Å². The zero-order valence-electron chi connectivity index (χ0n) is 22.6. The van der Waals surface area contributed by atoms with Crippen molar-refractivity contribution in [2.45, 2.75) is 39.3 Å². The van der Waals surface area contributed by atoms with Crippen molar-refractivity contribution >= 4 is 5.97 Å². The van der Waals surface area contributed by atoms with Gasteiger partial charge in [0.15, 0.2) is 0 Å². The largest absolute Gasteiger partial charge is 0.496 e. The predicted molar refractivity (Wildman–Crippen MR) is 144 cm³/mol. The average molecular weight is 536 g/mol. The SMILES string of the molecule is COc1cc(-c2nc(-c3ccc(CN(C)CC(=O)OC(C)(C)C)cc3)no2)ccc1-c1ccccc1C(F)F. The molecular weight excluding hydrogens is 504 g/mol. The summed E-state index contributed by atoms with van der Waals surface area (Å²) in [4.78, 5) is 18.5. The first-order valence-corrected chi connectivity index (χ1v) is 12.4. The van der Waals surface area contributed by atoms with E-state index < -0.39 is 12.0 Å². The van der Waals surface area contributed by atoms with Crippen LogP contribution in [-0.4, -0.2) is 47.3 Å². The summed E-state index contributed by atoms with van der Waals surface area (Å²) in [5.74, 6) is 0.826. The number of benzene rings is 3. The van der Waals surface area contributed by atoms with Gasteiger partial charge < -0.3 is 14.0 Å². The fraction of sp³-hybridized carbons (Fsp3) is 0.300. The van der Waals surface area contributed by atoms with Crippen LogP contribution < -0.4 is 4.74 Å². The summed E-state index contributed by atoms with van der Waals surface area (Å²) >= 11 is 0. The molecule has 0 radical (unpaired) electrons. The van der Waals surface area contributed by atoms with Crippen LogP contribution in [0.3, 0.4) is 0 Å². The molecule has 0 aliphatic carbocycles. The number of carbonyl (C=O) groups excluding carboxylic acids is 1. The van der Waals surface area contributed by atoms with Gasteiger partial charge in [-0.3, -0.25) is 9.69 Å². The van der Waals surface area contributed by atoms with Crippen molar-refractivity contribution in [3.05, 3.63) is 77.9 Å². The molecule has 1 aromatic heterocycles. The number of hydrogen-bond donors (Lipinski definition) is 0. The van der Waals surface area contributed by atoms with Gasteiger partial charge in [0.25, 0.3) is 12.3 Å². The van der Waals surface area contributed by atoms with E-state index in [0.717, 1.165) is 11.1 Å². The quantitative estimate of drug-likeness (QED) is 0.218. The van der Waals surface area contributed by atoms with Crippen LogP contribution in [0.2, 0.25) is 0 Å². The van der Waals surface area contributed by atoms with E-state index in [0.29, 0.717) is 34.8 Å². The van der Waals surface area contributed by atoms with Crippen LogP contribution >= 0.6 is 0 Å². The van der Waals surface area contributed by atoms with Gasteiger partial charge in [-0.25, -0.2) is 8.78 Å². The van der Waals surface area contributed by atoms with Crippen molar-refractivity contribution in [2.75, 3.05) is 20.7 Å². The number of aromatic nitrogens is 2. The molecule has 0 spiro atoms. The number of methoxy groups -OCH3 is 1. The van der Waals surface area contributed by atoms with Gasteiger partial charge in [0.05, 0.1) is 13.7 Å². The maximum atomic E-state index is 13.6. The van der Waals surface area contributed by atoms with Crippen LogP contribution in [0.5, 0.6) is 5.75 Å². The van der Waals surface area contributed by atoms with Crippen molar-refractivity contribution in [1.82, 2.24) is 15.0 Å². The molecule has 0 bridgehead atoms. The second kappa shape index (κ2) is 11.7. The highest BCUT2D eigenvalue weighted by atomic mass is 19.3. The number of esters is 1. The lowest BCUT2D eigenvalue weighted by Crippen LogP contribution is -2.32. The zero-order chi connectivity index (χ0) is 28.2. The van der Waals surface area contributed by atoms with Crippen LogP contribution in [-0.2, 0) is 16.1 Å². The summed E-state index contributed by atoms with van der Waals surface area (Å²) in [6, 6.07) is 19.1. The molecule has 3 aromatic carbocycles. The third-order valence-corrected chi connectivity index (χ3v) is 5.84. The molecule has 39 heavy (non-hydrogen) atoms. The van der Waals surface area contributed by atoms with Crippen molar-refractivity contribution in [3.8, 4) is 39.7 Å². The highest BCUT2D eigenvalue weighted by molar-refractivity contribution is 5.77. The number of rotatable bonds is 9. The van der Waals surface area contributed by atoms with Gasteiger partial charge in [-0.05, 0) is 57.1 Å². The molecule has 7 nitrogen and oxygen atoms in total. The Kier molecular flexibility index (Phi) is 8.40. The van der Waals surface area contributed by atoms with Crippen molar-refractivity contribution < 1.29 is 27.6 Å². The lowest BCUT2D eigenvalue weighted by molar-refractivity contribution is -0.155. The molecule has 0 fully saturated rings.